The summed E-state index contributed by atoms with van der Waals surface area (Å²) in [6, 6.07) is 2.15. The second-order valence-electron chi connectivity index (χ2n) is 5.70. The first kappa shape index (κ1) is 18.4. The maximum Gasteiger partial charge on any atom is 0.191 e. The second-order valence-corrected chi connectivity index (χ2v) is 6.68. The maximum atomic E-state index is 4.33. The van der Waals surface area contributed by atoms with Crippen LogP contribution in [0.1, 0.15) is 32.6 Å². The summed E-state index contributed by atoms with van der Waals surface area (Å²) < 4.78 is 0. The van der Waals surface area contributed by atoms with E-state index in [1.54, 1.807) is 0 Å². The average molecular weight is 412 g/mol. The van der Waals surface area contributed by atoms with Gasteiger partial charge in [-0.25, -0.2) is 0 Å². The molecule has 2 atom stereocenters. The number of aliphatic imine (C=N–C) groups is 1. The molecule has 1 aliphatic heterocycles. The highest BCUT2D eigenvalue weighted by molar-refractivity contribution is 14.0. The Balaban J connectivity index is 0.00000200. The van der Waals surface area contributed by atoms with E-state index in [9.17, 15) is 0 Å². The molecule has 1 saturated heterocycles. The highest BCUT2D eigenvalue weighted by atomic mass is 127. The third-order valence-corrected chi connectivity index (χ3v) is 4.72. The fraction of sp³-hybridized carbons (Fsp3) is 0.929. The highest BCUT2D eigenvalue weighted by Gasteiger charge is 2.38. The van der Waals surface area contributed by atoms with Gasteiger partial charge in [0.2, 0.25) is 0 Å². The molecule has 6 heteroatoms. The van der Waals surface area contributed by atoms with Crippen molar-refractivity contribution in [3.8, 4) is 0 Å². The Bertz CT molecular complexity index is 310. The zero-order chi connectivity index (χ0) is 13.7. The van der Waals surface area contributed by atoms with Gasteiger partial charge in [-0.1, -0.05) is 0 Å². The molecule has 0 bridgehead atoms. The lowest BCUT2D eigenvalue weighted by Crippen LogP contribution is -2.45. The van der Waals surface area contributed by atoms with Crippen LogP contribution in [0, 0.1) is 0 Å². The van der Waals surface area contributed by atoms with Crippen molar-refractivity contribution in [3.63, 3.8) is 0 Å². The van der Waals surface area contributed by atoms with Crippen LogP contribution in [0.2, 0.25) is 0 Å². The van der Waals surface area contributed by atoms with E-state index >= 15 is 0 Å². The van der Waals surface area contributed by atoms with Crippen molar-refractivity contribution in [2.45, 2.75) is 50.7 Å². The minimum atomic E-state index is 0. The van der Waals surface area contributed by atoms with Crippen LogP contribution in [0.4, 0.5) is 0 Å². The monoisotopic (exact) mass is 412 g/mol. The van der Waals surface area contributed by atoms with Crippen molar-refractivity contribution >= 4 is 41.7 Å². The number of guanidine groups is 1. The zero-order valence-electron chi connectivity index (χ0n) is 12.9. The molecule has 0 aromatic rings. The van der Waals surface area contributed by atoms with Gasteiger partial charge >= 0.3 is 0 Å². The van der Waals surface area contributed by atoms with E-state index in [1.807, 2.05) is 18.8 Å². The summed E-state index contributed by atoms with van der Waals surface area (Å²) in [4.78, 5) is 6.99. The number of halogens is 1. The molecule has 2 aliphatic rings. The van der Waals surface area contributed by atoms with Crippen molar-refractivity contribution < 1.29 is 0 Å². The van der Waals surface area contributed by atoms with Gasteiger partial charge in [-0.3, -0.25) is 9.89 Å². The Morgan fingerprint density at radius 3 is 2.75 bits per heavy atom. The molecule has 2 N–H and O–H groups in total. The standard InChI is InChI=1S/C14H28N4S.HI/c1-11-9-12(10-18(11)13-5-6-13)17-14(15-2)16-7-4-8-19-3;/h11-13H,4-10H2,1-3H3,(H2,15,16,17);1H. The highest BCUT2D eigenvalue weighted by Crippen LogP contribution is 2.33. The molecular formula is C14H29IN4S. The first-order valence-corrected chi connectivity index (χ1v) is 8.86. The van der Waals surface area contributed by atoms with Crippen LogP contribution in [0.25, 0.3) is 0 Å². The molecule has 1 heterocycles. The number of rotatable bonds is 6. The molecule has 20 heavy (non-hydrogen) atoms. The van der Waals surface area contributed by atoms with Gasteiger partial charge in [-0.15, -0.1) is 24.0 Å². The third-order valence-electron chi connectivity index (χ3n) is 4.02. The van der Waals surface area contributed by atoms with Crippen LogP contribution in [-0.4, -0.2) is 61.1 Å². The zero-order valence-corrected chi connectivity index (χ0v) is 16.0. The van der Waals surface area contributed by atoms with Gasteiger partial charge in [-0.2, -0.15) is 11.8 Å². The molecule has 2 unspecified atom stereocenters. The van der Waals surface area contributed by atoms with Gasteiger partial charge < -0.3 is 10.6 Å². The fourth-order valence-electron chi connectivity index (χ4n) is 2.89. The van der Waals surface area contributed by atoms with Crippen LogP contribution in [0.5, 0.6) is 0 Å². The summed E-state index contributed by atoms with van der Waals surface area (Å²) in [5.41, 5.74) is 0. The first-order chi connectivity index (χ1) is 9.24. The summed E-state index contributed by atoms with van der Waals surface area (Å²) in [5.74, 6) is 2.18. The summed E-state index contributed by atoms with van der Waals surface area (Å²) in [6.07, 6.45) is 7.38. The molecule has 2 fully saturated rings. The number of nitrogens with one attached hydrogen (secondary N) is 2. The minimum Gasteiger partial charge on any atom is -0.356 e. The van der Waals surface area contributed by atoms with Gasteiger partial charge in [0.15, 0.2) is 5.96 Å². The molecule has 0 amide bonds. The number of thioether (sulfide) groups is 1. The van der Waals surface area contributed by atoms with E-state index < -0.39 is 0 Å². The Morgan fingerprint density at radius 1 is 1.40 bits per heavy atom. The van der Waals surface area contributed by atoms with Crippen molar-refractivity contribution in [1.29, 1.82) is 0 Å². The van der Waals surface area contributed by atoms with E-state index in [0.29, 0.717) is 6.04 Å². The second kappa shape index (κ2) is 9.35. The summed E-state index contributed by atoms with van der Waals surface area (Å²) in [7, 11) is 1.86. The van der Waals surface area contributed by atoms with Crippen molar-refractivity contribution in [2.75, 3.05) is 32.1 Å². The smallest absolute Gasteiger partial charge is 0.191 e. The lowest BCUT2D eigenvalue weighted by atomic mass is 10.2. The molecule has 2 rings (SSSR count). The lowest BCUT2D eigenvalue weighted by Gasteiger charge is -2.20. The van der Waals surface area contributed by atoms with Crippen LogP contribution in [0.15, 0.2) is 4.99 Å². The maximum absolute atomic E-state index is 4.33. The van der Waals surface area contributed by atoms with Gasteiger partial charge in [0, 0.05) is 38.3 Å². The molecule has 0 spiro atoms. The SMILES string of the molecule is CN=C(NCCCSC)NC1CC(C)N(C2CC2)C1.I. The average Bonchev–Trinajstić information content (AvgIpc) is 3.18. The van der Waals surface area contributed by atoms with E-state index in [2.05, 4.69) is 33.7 Å². The Labute approximate surface area is 144 Å². The molecule has 0 radical (unpaired) electrons. The van der Waals surface area contributed by atoms with Crippen LogP contribution < -0.4 is 10.6 Å². The van der Waals surface area contributed by atoms with E-state index in [4.69, 9.17) is 0 Å². The van der Waals surface area contributed by atoms with Gasteiger partial charge in [0.25, 0.3) is 0 Å². The summed E-state index contributed by atoms with van der Waals surface area (Å²) in [6.45, 7) is 4.54. The topological polar surface area (TPSA) is 39.7 Å². The Kier molecular flexibility index (Phi) is 8.59. The van der Waals surface area contributed by atoms with E-state index in [-0.39, 0.29) is 24.0 Å². The molecule has 0 aromatic heterocycles. The molecule has 1 saturated carbocycles. The first-order valence-electron chi connectivity index (χ1n) is 7.46. The molecular weight excluding hydrogens is 383 g/mol. The van der Waals surface area contributed by atoms with E-state index in [0.717, 1.165) is 24.6 Å². The molecule has 118 valence electrons. The summed E-state index contributed by atoms with van der Waals surface area (Å²) in [5, 5.41) is 6.99. The van der Waals surface area contributed by atoms with Gasteiger partial charge in [-0.05, 0) is 44.6 Å². The van der Waals surface area contributed by atoms with Gasteiger partial charge in [0.1, 0.15) is 0 Å². The fourth-order valence-corrected chi connectivity index (χ4v) is 3.32. The van der Waals surface area contributed by atoms with E-state index in [1.165, 1.54) is 38.0 Å². The van der Waals surface area contributed by atoms with Crippen LogP contribution in [-0.2, 0) is 0 Å². The molecule has 1 aliphatic carbocycles. The van der Waals surface area contributed by atoms with Crippen LogP contribution in [0.3, 0.4) is 0 Å². The predicted molar refractivity (Wildman–Crippen MR) is 101 cm³/mol. The molecule has 4 nitrogen and oxygen atoms in total. The quantitative estimate of drug-likeness (QED) is 0.304. The third kappa shape index (κ3) is 5.60. The van der Waals surface area contributed by atoms with Crippen molar-refractivity contribution in [2.24, 2.45) is 4.99 Å². The normalized spacial score (nSPS) is 27.2. The lowest BCUT2D eigenvalue weighted by molar-refractivity contribution is 0.256. The van der Waals surface area contributed by atoms with Crippen LogP contribution >= 0.6 is 35.7 Å². The Morgan fingerprint density at radius 2 is 2.15 bits per heavy atom. The Hall–Kier alpha value is 0.310. The summed E-state index contributed by atoms with van der Waals surface area (Å²) >= 11 is 1.90. The predicted octanol–water partition coefficient (Wildman–Crippen LogP) is 2.15. The van der Waals surface area contributed by atoms with Crippen molar-refractivity contribution in [1.82, 2.24) is 15.5 Å². The number of hydrogen-bond donors (Lipinski definition) is 2. The van der Waals surface area contributed by atoms with Gasteiger partial charge in [0.05, 0.1) is 0 Å². The van der Waals surface area contributed by atoms with Crippen molar-refractivity contribution in [3.05, 3.63) is 0 Å². The molecule has 0 aromatic carbocycles. The minimum absolute atomic E-state index is 0. The number of hydrogen-bond acceptors (Lipinski definition) is 3. The number of likely N-dealkylation sites (tertiary alicyclic amines) is 1. The number of nitrogens with zero attached hydrogens (tertiary/aromatic N) is 2. The largest absolute Gasteiger partial charge is 0.356 e.